The predicted octanol–water partition coefficient (Wildman–Crippen LogP) is 2.08. The number of hydrogen-bond acceptors (Lipinski definition) is 4. The van der Waals surface area contributed by atoms with E-state index in [-0.39, 0.29) is 6.04 Å². The zero-order valence-corrected chi connectivity index (χ0v) is 14.2. The molecule has 2 rings (SSSR count). The molecule has 1 aliphatic rings. The molecule has 1 aromatic rings. The lowest BCUT2D eigenvalue weighted by Crippen LogP contribution is -2.40. The number of benzene rings is 1. The Bertz CT molecular complexity index is 573. The Hall–Kier alpha value is -2.28. The third-order valence-corrected chi connectivity index (χ3v) is 3.81. The van der Waals surface area contributed by atoms with Gasteiger partial charge in [0.25, 0.3) is 0 Å². The van der Waals surface area contributed by atoms with Crippen molar-refractivity contribution in [1.29, 1.82) is 0 Å². The third kappa shape index (κ3) is 5.73. The van der Waals surface area contributed by atoms with Gasteiger partial charge in [-0.3, -0.25) is 4.99 Å². The van der Waals surface area contributed by atoms with Gasteiger partial charge in [-0.2, -0.15) is 0 Å². The number of aliphatic imine (C=N–C) groups is 1. The van der Waals surface area contributed by atoms with Gasteiger partial charge in [0.05, 0.1) is 25.8 Å². The van der Waals surface area contributed by atoms with Crippen molar-refractivity contribution in [2.75, 3.05) is 25.6 Å². The summed E-state index contributed by atoms with van der Waals surface area (Å²) in [6.45, 7) is 3.05. The number of para-hydroxylation sites is 1. The van der Waals surface area contributed by atoms with Gasteiger partial charge in [-0.25, -0.2) is 4.79 Å². The maximum Gasteiger partial charge on any atom is 0.407 e. The van der Waals surface area contributed by atoms with E-state index in [1.54, 1.807) is 14.0 Å². The molecule has 1 atom stereocenters. The Morgan fingerprint density at radius 3 is 2.83 bits per heavy atom. The van der Waals surface area contributed by atoms with Crippen molar-refractivity contribution in [1.82, 2.24) is 5.32 Å². The molecule has 0 radical (unpaired) electrons. The second-order valence-corrected chi connectivity index (χ2v) is 5.75. The van der Waals surface area contributed by atoms with E-state index in [1.807, 2.05) is 24.3 Å². The van der Waals surface area contributed by atoms with Gasteiger partial charge in [0.1, 0.15) is 0 Å². The molecule has 0 saturated heterocycles. The molecule has 1 fully saturated rings. The van der Waals surface area contributed by atoms with Crippen LogP contribution in [0.1, 0.15) is 25.3 Å². The van der Waals surface area contributed by atoms with Gasteiger partial charge in [-0.1, -0.05) is 18.2 Å². The Balaban J connectivity index is 1.93. The molecular weight excluding hydrogens is 308 g/mol. The third-order valence-electron chi connectivity index (χ3n) is 3.81. The molecule has 7 nitrogen and oxygen atoms in total. The van der Waals surface area contributed by atoms with Gasteiger partial charge >= 0.3 is 6.09 Å². The van der Waals surface area contributed by atoms with Gasteiger partial charge < -0.3 is 25.8 Å². The summed E-state index contributed by atoms with van der Waals surface area (Å²) in [7, 11) is 1.65. The van der Waals surface area contributed by atoms with E-state index in [0.29, 0.717) is 31.6 Å². The number of carbonyl (C=O) groups is 1. The smallest absolute Gasteiger partial charge is 0.407 e. The quantitative estimate of drug-likeness (QED) is 0.499. The van der Waals surface area contributed by atoms with Crippen molar-refractivity contribution in [3.8, 4) is 0 Å². The number of anilines is 1. The van der Waals surface area contributed by atoms with Crippen molar-refractivity contribution in [3.63, 3.8) is 0 Å². The molecule has 1 unspecified atom stereocenters. The monoisotopic (exact) mass is 334 g/mol. The minimum absolute atomic E-state index is 0.0429. The van der Waals surface area contributed by atoms with Crippen LogP contribution in [0.3, 0.4) is 0 Å². The van der Waals surface area contributed by atoms with Crippen LogP contribution in [-0.4, -0.2) is 38.4 Å². The largest absolute Gasteiger partial charge is 0.450 e. The van der Waals surface area contributed by atoms with Crippen molar-refractivity contribution >= 4 is 17.7 Å². The number of ether oxygens (including phenoxy) is 2. The number of nitrogens with zero attached hydrogens (tertiary/aromatic N) is 1. The second-order valence-electron chi connectivity index (χ2n) is 5.75. The topological polar surface area (TPSA) is 98.0 Å². The summed E-state index contributed by atoms with van der Waals surface area (Å²) < 4.78 is 10.1. The lowest BCUT2D eigenvalue weighted by molar-refractivity contribution is 0.147. The van der Waals surface area contributed by atoms with Crippen LogP contribution in [0.5, 0.6) is 0 Å². The zero-order chi connectivity index (χ0) is 17.4. The highest BCUT2D eigenvalue weighted by atomic mass is 16.5. The van der Waals surface area contributed by atoms with Crippen LogP contribution in [0.2, 0.25) is 0 Å². The number of carbonyl (C=O) groups excluding carboxylic acids is 1. The summed E-state index contributed by atoms with van der Waals surface area (Å²) in [5, 5.41) is 5.95. The van der Waals surface area contributed by atoms with Crippen LogP contribution >= 0.6 is 0 Å². The lowest BCUT2D eigenvalue weighted by atomic mass is 10.2. The summed E-state index contributed by atoms with van der Waals surface area (Å²) in [6, 6.07) is 7.71. The van der Waals surface area contributed by atoms with Crippen LogP contribution in [0.25, 0.3) is 0 Å². The zero-order valence-electron chi connectivity index (χ0n) is 14.2. The predicted molar refractivity (Wildman–Crippen MR) is 93.9 cm³/mol. The standard InChI is InChI=1S/C17H26N4O3/c1-3-24-17(22)21-15(12-8-9-12)10-19-16(18)20-14-7-5-4-6-13(14)11-23-2/h4-7,12,15H,3,8-11H2,1-2H3,(H,21,22)(H3,18,19,20). The van der Waals surface area contributed by atoms with Crippen molar-refractivity contribution in [3.05, 3.63) is 29.8 Å². The fourth-order valence-electron chi connectivity index (χ4n) is 2.43. The number of guanidine groups is 1. The van der Waals surface area contributed by atoms with Crippen LogP contribution in [0, 0.1) is 5.92 Å². The normalized spacial score (nSPS) is 15.7. The van der Waals surface area contributed by atoms with Gasteiger partial charge in [0.15, 0.2) is 5.96 Å². The molecule has 24 heavy (non-hydrogen) atoms. The van der Waals surface area contributed by atoms with Gasteiger partial charge in [0.2, 0.25) is 0 Å². The highest BCUT2D eigenvalue weighted by molar-refractivity contribution is 5.93. The second kappa shape index (κ2) is 9.12. The molecule has 0 bridgehead atoms. The van der Waals surface area contributed by atoms with E-state index in [2.05, 4.69) is 15.6 Å². The fourth-order valence-corrected chi connectivity index (χ4v) is 2.43. The number of nitrogens with one attached hydrogen (secondary N) is 2. The molecule has 0 spiro atoms. The number of amides is 1. The van der Waals surface area contributed by atoms with E-state index in [9.17, 15) is 4.79 Å². The number of nitrogens with two attached hydrogens (primary N) is 1. The van der Waals surface area contributed by atoms with Crippen molar-refractivity contribution < 1.29 is 14.3 Å². The first-order valence-corrected chi connectivity index (χ1v) is 8.21. The summed E-state index contributed by atoms with van der Waals surface area (Å²) in [5.41, 5.74) is 7.85. The molecular formula is C17H26N4O3. The first-order valence-electron chi connectivity index (χ1n) is 8.21. The van der Waals surface area contributed by atoms with Crippen LogP contribution in [0.4, 0.5) is 10.5 Å². The molecule has 0 aliphatic heterocycles. The average Bonchev–Trinajstić information content (AvgIpc) is 3.38. The molecule has 0 heterocycles. The molecule has 0 aromatic heterocycles. The first kappa shape index (κ1) is 18.1. The Kier molecular flexibility index (Phi) is 6.87. The Morgan fingerprint density at radius 2 is 2.17 bits per heavy atom. The summed E-state index contributed by atoms with van der Waals surface area (Å²) in [5.74, 6) is 0.765. The SMILES string of the molecule is CCOC(=O)NC(CN=C(N)Nc1ccccc1COC)C1CC1. The van der Waals surface area contributed by atoms with E-state index in [4.69, 9.17) is 15.2 Å². The van der Waals surface area contributed by atoms with E-state index >= 15 is 0 Å². The summed E-state index contributed by atoms with van der Waals surface area (Å²) in [4.78, 5) is 16.0. The maximum atomic E-state index is 11.6. The van der Waals surface area contributed by atoms with Crippen LogP contribution < -0.4 is 16.4 Å². The van der Waals surface area contributed by atoms with Gasteiger partial charge in [-0.15, -0.1) is 0 Å². The highest BCUT2D eigenvalue weighted by Gasteiger charge is 2.32. The van der Waals surface area contributed by atoms with Gasteiger partial charge in [-0.05, 0) is 31.7 Å². The lowest BCUT2D eigenvalue weighted by Gasteiger charge is -2.16. The van der Waals surface area contributed by atoms with E-state index < -0.39 is 6.09 Å². The van der Waals surface area contributed by atoms with Crippen molar-refractivity contribution in [2.24, 2.45) is 16.6 Å². The van der Waals surface area contributed by atoms with Gasteiger partial charge in [0, 0.05) is 18.4 Å². The minimum atomic E-state index is -0.401. The molecule has 1 aliphatic carbocycles. The fraction of sp³-hybridized carbons (Fsp3) is 0.529. The Labute approximate surface area is 142 Å². The van der Waals surface area contributed by atoms with Crippen molar-refractivity contribution in [2.45, 2.75) is 32.4 Å². The number of methoxy groups -OCH3 is 1. The maximum absolute atomic E-state index is 11.6. The number of alkyl carbamates (subject to hydrolysis) is 1. The summed E-state index contributed by atoms with van der Waals surface area (Å²) in [6.07, 6.45) is 1.79. The molecule has 132 valence electrons. The molecule has 1 aromatic carbocycles. The van der Waals surface area contributed by atoms with E-state index in [0.717, 1.165) is 24.1 Å². The first-order chi connectivity index (χ1) is 11.6. The number of rotatable bonds is 8. The Morgan fingerprint density at radius 1 is 1.42 bits per heavy atom. The minimum Gasteiger partial charge on any atom is -0.450 e. The number of hydrogen-bond donors (Lipinski definition) is 3. The van der Waals surface area contributed by atoms with E-state index in [1.165, 1.54) is 0 Å². The molecule has 4 N–H and O–H groups in total. The molecule has 1 amide bonds. The summed E-state index contributed by atoms with van der Waals surface area (Å²) >= 11 is 0. The molecule has 7 heteroatoms. The highest BCUT2D eigenvalue weighted by Crippen LogP contribution is 2.32. The van der Waals surface area contributed by atoms with Crippen LogP contribution in [-0.2, 0) is 16.1 Å². The molecule has 1 saturated carbocycles. The van der Waals surface area contributed by atoms with Crippen LogP contribution in [0.15, 0.2) is 29.3 Å². The average molecular weight is 334 g/mol.